The zero-order valence-corrected chi connectivity index (χ0v) is 10.8. The van der Waals surface area contributed by atoms with Gasteiger partial charge >= 0.3 is 5.97 Å². The molecule has 0 amide bonds. The van der Waals surface area contributed by atoms with E-state index >= 15 is 0 Å². The third kappa shape index (κ3) is 2.13. The largest absolute Gasteiger partial charge is 0.478 e. The van der Waals surface area contributed by atoms with Crippen molar-refractivity contribution >= 4 is 16.0 Å². The van der Waals surface area contributed by atoms with Crippen molar-refractivity contribution in [2.24, 2.45) is 0 Å². The fourth-order valence-corrected chi connectivity index (χ4v) is 3.94. The SMILES string of the molecule is CC1CCCCN1S(=O)(=O)c1[nH]ncc1C(=O)O. The molecule has 1 unspecified atom stereocenters. The highest BCUT2D eigenvalue weighted by atomic mass is 32.2. The van der Waals surface area contributed by atoms with Gasteiger partial charge < -0.3 is 5.11 Å². The summed E-state index contributed by atoms with van der Waals surface area (Å²) in [4.78, 5) is 11.0. The summed E-state index contributed by atoms with van der Waals surface area (Å²) in [7, 11) is -3.81. The number of hydrogen-bond acceptors (Lipinski definition) is 4. The lowest BCUT2D eigenvalue weighted by atomic mass is 10.1. The number of aromatic carboxylic acids is 1. The maximum Gasteiger partial charge on any atom is 0.340 e. The molecule has 7 nitrogen and oxygen atoms in total. The topological polar surface area (TPSA) is 103 Å². The zero-order chi connectivity index (χ0) is 13.3. The summed E-state index contributed by atoms with van der Waals surface area (Å²) in [5, 5.41) is 14.4. The fourth-order valence-electron chi connectivity index (χ4n) is 2.17. The number of carboxylic acids is 1. The number of aromatic nitrogens is 2. The normalized spacial score (nSPS) is 21.9. The van der Waals surface area contributed by atoms with Crippen molar-refractivity contribution in [3.8, 4) is 0 Å². The Morgan fingerprint density at radius 3 is 2.89 bits per heavy atom. The van der Waals surface area contributed by atoms with Crippen molar-refractivity contribution in [2.75, 3.05) is 6.54 Å². The van der Waals surface area contributed by atoms with E-state index < -0.39 is 16.0 Å². The standard InChI is InChI=1S/C10H15N3O4S/c1-7-4-2-3-5-13(7)18(16,17)9-8(10(14)15)6-11-12-9/h6-7H,2-5H2,1H3,(H,11,12)(H,14,15). The van der Waals surface area contributed by atoms with Crippen LogP contribution in [0.15, 0.2) is 11.2 Å². The Labute approximate surface area is 105 Å². The summed E-state index contributed by atoms with van der Waals surface area (Å²) < 4.78 is 26.1. The Bertz CT molecular complexity index is 551. The first-order valence-corrected chi connectivity index (χ1v) is 7.17. The van der Waals surface area contributed by atoms with Crippen LogP contribution in [0, 0.1) is 0 Å². The smallest absolute Gasteiger partial charge is 0.340 e. The second kappa shape index (κ2) is 4.69. The van der Waals surface area contributed by atoms with Gasteiger partial charge in [-0.25, -0.2) is 13.2 Å². The number of carboxylic acid groups (broad SMARTS) is 1. The molecule has 1 aliphatic heterocycles. The van der Waals surface area contributed by atoms with Gasteiger partial charge in [-0.15, -0.1) is 0 Å². The minimum absolute atomic E-state index is 0.117. The quantitative estimate of drug-likeness (QED) is 0.842. The van der Waals surface area contributed by atoms with E-state index in [-0.39, 0.29) is 16.6 Å². The Morgan fingerprint density at radius 1 is 1.56 bits per heavy atom. The van der Waals surface area contributed by atoms with Crippen LogP contribution in [0.5, 0.6) is 0 Å². The van der Waals surface area contributed by atoms with Crippen molar-refractivity contribution in [2.45, 2.75) is 37.3 Å². The molecule has 100 valence electrons. The summed E-state index contributed by atoms with van der Waals surface area (Å²) in [5.41, 5.74) is -0.312. The fraction of sp³-hybridized carbons (Fsp3) is 0.600. The minimum Gasteiger partial charge on any atom is -0.478 e. The molecular weight excluding hydrogens is 258 g/mol. The second-order valence-electron chi connectivity index (χ2n) is 4.38. The highest BCUT2D eigenvalue weighted by molar-refractivity contribution is 7.89. The summed E-state index contributed by atoms with van der Waals surface area (Å²) in [5.74, 6) is -1.30. The molecule has 2 N–H and O–H groups in total. The van der Waals surface area contributed by atoms with Crippen LogP contribution in [0.25, 0.3) is 0 Å². The van der Waals surface area contributed by atoms with Crippen LogP contribution in [-0.2, 0) is 10.0 Å². The molecule has 0 radical (unpaired) electrons. The van der Waals surface area contributed by atoms with Gasteiger partial charge in [0.15, 0.2) is 5.03 Å². The molecule has 0 aromatic carbocycles. The van der Waals surface area contributed by atoms with Gasteiger partial charge in [0.1, 0.15) is 5.56 Å². The van der Waals surface area contributed by atoms with E-state index in [1.54, 1.807) is 0 Å². The lowest BCUT2D eigenvalue weighted by Gasteiger charge is -2.31. The first kappa shape index (κ1) is 13.0. The van der Waals surface area contributed by atoms with E-state index in [1.807, 2.05) is 6.92 Å². The molecule has 0 spiro atoms. The maximum absolute atomic E-state index is 12.4. The van der Waals surface area contributed by atoms with E-state index in [0.29, 0.717) is 6.54 Å². The molecule has 1 atom stereocenters. The van der Waals surface area contributed by atoms with Crippen LogP contribution in [0.3, 0.4) is 0 Å². The molecule has 1 aliphatic rings. The Hall–Kier alpha value is -1.41. The van der Waals surface area contributed by atoms with Crippen molar-refractivity contribution in [1.82, 2.24) is 14.5 Å². The third-order valence-electron chi connectivity index (χ3n) is 3.14. The molecule has 0 aliphatic carbocycles. The molecule has 2 rings (SSSR count). The van der Waals surface area contributed by atoms with Crippen molar-refractivity contribution < 1.29 is 18.3 Å². The molecule has 0 saturated carbocycles. The summed E-state index contributed by atoms with van der Waals surface area (Å²) in [6.45, 7) is 2.25. The van der Waals surface area contributed by atoms with E-state index in [4.69, 9.17) is 5.11 Å². The molecule has 1 saturated heterocycles. The van der Waals surface area contributed by atoms with E-state index in [1.165, 1.54) is 4.31 Å². The monoisotopic (exact) mass is 273 g/mol. The lowest BCUT2D eigenvalue weighted by Crippen LogP contribution is -2.42. The van der Waals surface area contributed by atoms with Crippen LogP contribution in [0.1, 0.15) is 36.5 Å². The number of carbonyl (C=O) groups is 1. The summed E-state index contributed by atoms with van der Waals surface area (Å²) in [6, 6.07) is -0.117. The Balaban J connectivity index is 2.41. The molecule has 1 aromatic heterocycles. The third-order valence-corrected chi connectivity index (χ3v) is 5.13. The first-order valence-electron chi connectivity index (χ1n) is 5.73. The molecule has 18 heavy (non-hydrogen) atoms. The lowest BCUT2D eigenvalue weighted by molar-refractivity contribution is 0.0692. The zero-order valence-electron chi connectivity index (χ0n) is 9.96. The minimum atomic E-state index is -3.81. The van der Waals surface area contributed by atoms with Gasteiger partial charge in [-0.2, -0.15) is 9.40 Å². The summed E-state index contributed by atoms with van der Waals surface area (Å²) >= 11 is 0. The van der Waals surface area contributed by atoms with E-state index in [2.05, 4.69) is 10.2 Å². The number of sulfonamides is 1. The van der Waals surface area contributed by atoms with Gasteiger partial charge in [0.2, 0.25) is 0 Å². The second-order valence-corrected chi connectivity index (χ2v) is 6.21. The van der Waals surface area contributed by atoms with Crippen molar-refractivity contribution in [3.05, 3.63) is 11.8 Å². The number of piperidine rings is 1. The van der Waals surface area contributed by atoms with Gasteiger partial charge in [0.25, 0.3) is 10.0 Å². The number of nitrogens with zero attached hydrogens (tertiary/aromatic N) is 2. The summed E-state index contributed by atoms with van der Waals surface area (Å²) in [6.07, 6.45) is 3.58. The number of nitrogens with one attached hydrogen (secondary N) is 1. The van der Waals surface area contributed by atoms with Gasteiger partial charge in [0.05, 0.1) is 6.20 Å². The molecule has 1 fully saturated rings. The predicted octanol–water partition coefficient (Wildman–Crippen LogP) is 0.671. The number of rotatable bonds is 3. The van der Waals surface area contributed by atoms with Crippen LogP contribution in [-0.4, -0.2) is 46.6 Å². The molecule has 8 heteroatoms. The maximum atomic E-state index is 12.4. The average Bonchev–Trinajstić information content (AvgIpc) is 2.78. The Morgan fingerprint density at radius 2 is 2.28 bits per heavy atom. The van der Waals surface area contributed by atoms with Crippen LogP contribution >= 0.6 is 0 Å². The van der Waals surface area contributed by atoms with Crippen molar-refractivity contribution in [1.29, 1.82) is 0 Å². The van der Waals surface area contributed by atoms with Crippen molar-refractivity contribution in [3.63, 3.8) is 0 Å². The predicted molar refractivity (Wildman–Crippen MR) is 62.8 cm³/mol. The molecule has 1 aromatic rings. The van der Waals surface area contributed by atoms with Gasteiger partial charge in [-0.3, -0.25) is 5.10 Å². The van der Waals surface area contributed by atoms with E-state index in [0.717, 1.165) is 25.5 Å². The number of aromatic amines is 1. The van der Waals surface area contributed by atoms with Crippen LogP contribution in [0.2, 0.25) is 0 Å². The molecule has 2 heterocycles. The van der Waals surface area contributed by atoms with Gasteiger partial charge in [0, 0.05) is 12.6 Å². The molecular formula is C10H15N3O4S. The van der Waals surface area contributed by atoms with E-state index in [9.17, 15) is 13.2 Å². The molecule has 0 bridgehead atoms. The van der Waals surface area contributed by atoms with Crippen LogP contribution < -0.4 is 0 Å². The number of hydrogen-bond donors (Lipinski definition) is 2. The van der Waals surface area contributed by atoms with Gasteiger partial charge in [-0.1, -0.05) is 6.42 Å². The Kier molecular flexibility index (Phi) is 3.40. The highest BCUT2D eigenvalue weighted by Gasteiger charge is 2.35. The average molecular weight is 273 g/mol. The number of H-pyrrole nitrogens is 1. The van der Waals surface area contributed by atoms with Crippen LogP contribution in [0.4, 0.5) is 0 Å². The first-order chi connectivity index (χ1) is 8.44. The highest BCUT2D eigenvalue weighted by Crippen LogP contribution is 2.25. The van der Waals surface area contributed by atoms with Gasteiger partial charge in [-0.05, 0) is 19.8 Å².